The van der Waals surface area contributed by atoms with Crippen LogP contribution in [0.15, 0.2) is 23.1 Å². The van der Waals surface area contributed by atoms with Gasteiger partial charge in [-0.05, 0) is 42.5 Å². The third-order valence-corrected chi connectivity index (χ3v) is 7.39. The van der Waals surface area contributed by atoms with E-state index in [-0.39, 0.29) is 18.6 Å². The second-order valence-corrected chi connectivity index (χ2v) is 11.1. The Hall–Kier alpha value is -2.50. The monoisotopic (exact) mass is 518 g/mol. The number of anilines is 1. The van der Waals surface area contributed by atoms with E-state index in [2.05, 4.69) is 29.4 Å². The number of amides is 2. The second-order valence-electron chi connectivity index (χ2n) is 8.40. The summed E-state index contributed by atoms with van der Waals surface area (Å²) in [5, 5.41) is 12.4. The van der Waals surface area contributed by atoms with Gasteiger partial charge in [0, 0.05) is 19.4 Å². The van der Waals surface area contributed by atoms with Crippen LogP contribution in [-0.2, 0) is 16.0 Å². The van der Waals surface area contributed by atoms with E-state index in [1.807, 2.05) is 24.3 Å². The van der Waals surface area contributed by atoms with Crippen molar-refractivity contribution in [1.82, 2.24) is 15.1 Å². The van der Waals surface area contributed by atoms with E-state index >= 15 is 0 Å². The van der Waals surface area contributed by atoms with Crippen LogP contribution < -0.4 is 14.8 Å². The van der Waals surface area contributed by atoms with E-state index in [1.165, 1.54) is 23.1 Å². The van der Waals surface area contributed by atoms with Gasteiger partial charge < -0.3 is 14.8 Å². The minimum atomic E-state index is -0.0844. The molecule has 1 aromatic heterocycles. The van der Waals surface area contributed by atoms with Crippen molar-refractivity contribution in [2.45, 2.75) is 46.0 Å². The molecule has 180 valence electrons. The Labute approximate surface area is 212 Å². The molecule has 11 heteroatoms. The van der Waals surface area contributed by atoms with E-state index in [0.29, 0.717) is 44.7 Å². The van der Waals surface area contributed by atoms with Crippen molar-refractivity contribution in [2.75, 3.05) is 18.7 Å². The van der Waals surface area contributed by atoms with Crippen molar-refractivity contribution in [2.24, 2.45) is 5.92 Å². The number of ether oxygens (including phenoxy) is 2. The maximum atomic E-state index is 12.8. The quantitative estimate of drug-likeness (QED) is 0.271. The Morgan fingerprint density at radius 2 is 2.06 bits per heavy atom. The lowest BCUT2D eigenvalue weighted by molar-refractivity contribution is -0.122. The number of carbonyl (C=O) groups is 2. The van der Waals surface area contributed by atoms with Crippen molar-refractivity contribution in [3.8, 4) is 11.5 Å². The van der Waals surface area contributed by atoms with Crippen LogP contribution in [0, 0.1) is 5.92 Å². The van der Waals surface area contributed by atoms with Crippen LogP contribution in [0.1, 0.15) is 50.1 Å². The van der Waals surface area contributed by atoms with E-state index in [1.54, 1.807) is 4.90 Å². The summed E-state index contributed by atoms with van der Waals surface area (Å²) < 4.78 is 11.3. The summed E-state index contributed by atoms with van der Waals surface area (Å²) in [6.45, 7) is 5.00. The van der Waals surface area contributed by atoms with Gasteiger partial charge in [0.15, 0.2) is 11.5 Å². The lowest BCUT2D eigenvalue weighted by Gasteiger charge is -2.14. The number of thiocarbonyl (C=S) groups is 1. The topological polar surface area (TPSA) is 93.7 Å². The Kier molecular flexibility index (Phi) is 8.17. The normalized spacial score (nSPS) is 16.2. The molecule has 0 aliphatic carbocycles. The fourth-order valence-corrected chi connectivity index (χ4v) is 5.77. The number of rotatable bonds is 10. The van der Waals surface area contributed by atoms with Crippen LogP contribution in [0.25, 0.3) is 6.08 Å². The predicted molar refractivity (Wildman–Crippen MR) is 138 cm³/mol. The van der Waals surface area contributed by atoms with Crippen LogP contribution in [0.5, 0.6) is 11.5 Å². The van der Waals surface area contributed by atoms with Crippen molar-refractivity contribution >= 4 is 62.7 Å². The van der Waals surface area contributed by atoms with E-state index in [9.17, 15) is 9.59 Å². The average Bonchev–Trinajstić information content (AvgIpc) is 3.49. The standard InChI is InChI=1S/C23H26N4O4S3/c1-14(2)10-20-25-26-22(34-20)24-19(28)6-4-3-5-9-27-21(29)18(33-23(27)32)12-15-7-8-16-17(11-15)31-13-30-16/h7-8,11-12,14H,3-6,9-10,13H2,1-2H3,(H,24,26,28)/b18-12-. The number of thioether (sulfide) groups is 1. The van der Waals surface area contributed by atoms with Crippen LogP contribution in [0.3, 0.4) is 0 Å². The fraction of sp³-hybridized carbons (Fsp3) is 0.435. The number of carbonyl (C=O) groups excluding carboxylic acids is 2. The average molecular weight is 519 g/mol. The first-order valence-corrected chi connectivity index (χ1v) is 13.2. The summed E-state index contributed by atoms with van der Waals surface area (Å²) in [6, 6.07) is 5.57. The molecule has 3 heterocycles. The van der Waals surface area contributed by atoms with Gasteiger partial charge in [-0.3, -0.25) is 14.5 Å². The molecule has 1 N–H and O–H groups in total. The maximum absolute atomic E-state index is 12.8. The summed E-state index contributed by atoms with van der Waals surface area (Å²) >= 11 is 8.15. The van der Waals surface area contributed by atoms with Gasteiger partial charge in [-0.25, -0.2) is 0 Å². The van der Waals surface area contributed by atoms with E-state index in [0.717, 1.165) is 36.3 Å². The Bertz CT molecular complexity index is 1120. The van der Waals surface area contributed by atoms with Gasteiger partial charge in [0.2, 0.25) is 17.8 Å². The smallest absolute Gasteiger partial charge is 0.266 e. The molecule has 0 saturated carbocycles. The number of hydrogen-bond donors (Lipinski definition) is 1. The Morgan fingerprint density at radius 3 is 2.88 bits per heavy atom. The molecule has 0 spiro atoms. The lowest BCUT2D eigenvalue weighted by Crippen LogP contribution is -2.29. The highest BCUT2D eigenvalue weighted by molar-refractivity contribution is 8.26. The molecule has 0 radical (unpaired) electrons. The molecule has 34 heavy (non-hydrogen) atoms. The molecule has 2 aliphatic heterocycles. The minimum Gasteiger partial charge on any atom is -0.454 e. The molecule has 2 aromatic rings. The molecule has 0 bridgehead atoms. The van der Waals surface area contributed by atoms with Crippen molar-refractivity contribution in [3.05, 3.63) is 33.7 Å². The highest BCUT2D eigenvalue weighted by Gasteiger charge is 2.31. The van der Waals surface area contributed by atoms with Crippen LogP contribution in [-0.4, -0.2) is 44.6 Å². The first-order valence-electron chi connectivity index (χ1n) is 11.2. The largest absolute Gasteiger partial charge is 0.454 e. The molecule has 1 fully saturated rings. The summed E-state index contributed by atoms with van der Waals surface area (Å²) in [5.41, 5.74) is 0.863. The maximum Gasteiger partial charge on any atom is 0.266 e. The molecule has 4 rings (SSSR count). The van der Waals surface area contributed by atoms with Gasteiger partial charge in [-0.15, -0.1) is 10.2 Å². The molecule has 8 nitrogen and oxygen atoms in total. The third kappa shape index (κ3) is 6.34. The lowest BCUT2D eigenvalue weighted by atomic mass is 10.1. The van der Waals surface area contributed by atoms with E-state index < -0.39 is 0 Å². The Balaban J connectivity index is 1.19. The summed E-state index contributed by atoms with van der Waals surface area (Å²) in [7, 11) is 0. The number of aromatic nitrogens is 2. The zero-order valence-electron chi connectivity index (χ0n) is 19.0. The molecule has 2 amide bonds. The van der Waals surface area contributed by atoms with Crippen LogP contribution in [0.4, 0.5) is 5.13 Å². The first-order chi connectivity index (χ1) is 16.4. The number of benzene rings is 1. The van der Waals surface area contributed by atoms with Crippen LogP contribution in [0.2, 0.25) is 0 Å². The minimum absolute atomic E-state index is 0.0653. The summed E-state index contributed by atoms with van der Waals surface area (Å²) in [6.07, 6.45) is 5.41. The second kappa shape index (κ2) is 11.3. The fourth-order valence-electron chi connectivity index (χ4n) is 3.50. The molecule has 0 unspecified atom stereocenters. The van der Waals surface area contributed by atoms with Gasteiger partial charge in [-0.2, -0.15) is 0 Å². The van der Waals surface area contributed by atoms with E-state index in [4.69, 9.17) is 21.7 Å². The van der Waals surface area contributed by atoms with Gasteiger partial charge in [0.1, 0.15) is 9.33 Å². The zero-order valence-corrected chi connectivity index (χ0v) is 21.5. The third-order valence-electron chi connectivity index (χ3n) is 5.15. The van der Waals surface area contributed by atoms with Crippen molar-refractivity contribution in [3.63, 3.8) is 0 Å². The first kappa shape index (κ1) is 24.6. The van der Waals surface area contributed by atoms with Crippen LogP contribution >= 0.6 is 35.3 Å². The van der Waals surface area contributed by atoms with Crippen molar-refractivity contribution < 1.29 is 19.1 Å². The Morgan fingerprint density at radius 1 is 1.24 bits per heavy atom. The number of unbranched alkanes of at least 4 members (excludes halogenated alkanes) is 2. The van der Waals surface area contributed by atoms with Gasteiger partial charge >= 0.3 is 0 Å². The molecule has 1 saturated heterocycles. The SMILES string of the molecule is CC(C)Cc1nnc(NC(=O)CCCCCN2C(=O)/C(=C/c3ccc4c(c3)OCO4)SC2=S)s1. The number of nitrogens with zero attached hydrogens (tertiary/aromatic N) is 3. The molecule has 2 aliphatic rings. The molecule has 0 atom stereocenters. The molecular formula is C23H26N4O4S3. The zero-order chi connectivity index (χ0) is 24.1. The van der Waals surface area contributed by atoms with Gasteiger partial charge in [0.25, 0.3) is 5.91 Å². The van der Waals surface area contributed by atoms with Crippen molar-refractivity contribution in [1.29, 1.82) is 0 Å². The number of fused-ring (bicyclic) bond motifs is 1. The number of hydrogen-bond acceptors (Lipinski definition) is 9. The predicted octanol–water partition coefficient (Wildman–Crippen LogP) is 4.87. The number of nitrogens with one attached hydrogen (secondary N) is 1. The molecule has 1 aromatic carbocycles. The summed E-state index contributed by atoms with van der Waals surface area (Å²) in [4.78, 5) is 27.2. The van der Waals surface area contributed by atoms with Gasteiger partial charge in [-0.1, -0.05) is 61.7 Å². The highest BCUT2D eigenvalue weighted by atomic mass is 32.2. The highest BCUT2D eigenvalue weighted by Crippen LogP contribution is 2.36. The summed E-state index contributed by atoms with van der Waals surface area (Å²) in [5.74, 6) is 1.73. The van der Waals surface area contributed by atoms with Gasteiger partial charge in [0.05, 0.1) is 4.91 Å². The molecular weight excluding hydrogens is 492 g/mol.